The van der Waals surface area contributed by atoms with Gasteiger partial charge in [0.2, 0.25) is 5.91 Å². The van der Waals surface area contributed by atoms with Crippen LogP contribution in [0.3, 0.4) is 0 Å². The van der Waals surface area contributed by atoms with Crippen molar-refractivity contribution >= 4 is 28.5 Å². The molecule has 6 rings (SSSR count). The summed E-state index contributed by atoms with van der Waals surface area (Å²) in [5.74, 6) is -0.863. The van der Waals surface area contributed by atoms with Crippen LogP contribution in [0, 0.1) is 18.2 Å². The van der Waals surface area contributed by atoms with Gasteiger partial charge in [0.15, 0.2) is 0 Å². The van der Waals surface area contributed by atoms with Gasteiger partial charge in [-0.05, 0) is 44.4 Å². The number of benzene rings is 1. The lowest BCUT2D eigenvalue weighted by Crippen LogP contribution is -2.60. The molecule has 0 aliphatic carbocycles. The van der Waals surface area contributed by atoms with E-state index in [1.807, 2.05) is 17.8 Å². The van der Waals surface area contributed by atoms with Gasteiger partial charge in [-0.25, -0.2) is 9.18 Å². The summed E-state index contributed by atoms with van der Waals surface area (Å²) in [6, 6.07) is 6.48. The highest BCUT2D eigenvalue weighted by atomic mass is 19.1. The van der Waals surface area contributed by atoms with Crippen LogP contribution >= 0.6 is 0 Å². The fourth-order valence-corrected chi connectivity index (χ4v) is 6.58. The van der Waals surface area contributed by atoms with E-state index in [1.165, 1.54) is 4.90 Å². The SMILES string of the molecule is Cc1nc2ccc(C3(O)CCN(Cc4ccnn4C)CC34CCOCC4)c(F)c2cc1N1CCC(=O)NC1=O. The molecule has 0 bridgehead atoms. The number of nitrogens with zero attached hydrogens (tertiary/aromatic N) is 5. The first-order valence-corrected chi connectivity index (χ1v) is 13.4. The predicted octanol–water partition coefficient (Wildman–Crippen LogP) is 2.75. The Kier molecular flexibility index (Phi) is 6.40. The highest BCUT2D eigenvalue weighted by Crippen LogP contribution is 2.53. The third kappa shape index (κ3) is 4.29. The lowest BCUT2D eigenvalue weighted by atomic mass is 9.60. The monoisotopic (exact) mass is 536 g/mol. The minimum absolute atomic E-state index is 0.158. The molecule has 39 heavy (non-hydrogen) atoms. The van der Waals surface area contributed by atoms with Gasteiger partial charge in [-0.3, -0.25) is 29.6 Å². The summed E-state index contributed by atoms with van der Waals surface area (Å²) in [4.78, 5) is 32.5. The van der Waals surface area contributed by atoms with Gasteiger partial charge >= 0.3 is 6.03 Å². The number of likely N-dealkylation sites (tertiary alicyclic amines) is 1. The van der Waals surface area contributed by atoms with Gasteiger partial charge in [0.25, 0.3) is 0 Å². The first-order chi connectivity index (χ1) is 18.7. The number of ether oxygens (including phenoxy) is 1. The van der Waals surface area contributed by atoms with Gasteiger partial charge in [0.1, 0.15) is 11.4 Å². The Balaban J connectivity index is 1.39. The van der Waals surface area contributed by atoms with Crippen LogP contribution in [-0.2, 0) is 28.7 Å². The summed E-state index contributed by atoms with van der Waals surface area (Å²) in [5, 5.41) is 19.3. The number of rotatable bonds is 4. The number of pyridine rings is 1. The lowest BCUT2D eigenvalue weighted by Gasteiger charge is -2.55. The van der Waals surface area contributed by atoms with E-state index in [2.05, 4.69) is 20.3 Å². The lowest BCUT2D eigenvalue weighted by molar-refractivity contribution is -0.181. The number of aryl methyl sites for hydroxylation is 2. The highest BCUT2D eigenvalue weighted by molar-refractivity contribution is 6.06. The minimum atomic E-state index is -1.40. The van der Waals surface area contributed by atoms with E-state index in [4.69, 9.17) is 4.74 Å². The number of halogens is 1. The van der Waals surface area contributed by atoms with E-state index in [0.29, 0.717) is 69.0 Å². The highest BCUT2D eigenvalue weighted by Gasteiger charge is 2.56. The molecular weight excluding hydrogens is 503 g/mol. The van der Waals surface area contributed by atoms with Gasteiger partial charge < -0.3 is 9.84 Å². The maximum absolute atomic E-state index is 16.5. The normalized spacial score (nSPS) is 23.9. The molecule has 3 aliphatic heterocycles. The molecule has 3 saturated heterocycles. The molecule has 0 saturated carbocycles. The van der Waals surface area contributed by atoms with E-state index in [0.717, 1.165) is 5.69 Å². The Morgan fingerprint density at radius 2 is 1.95 bits per heavy atom. The maximum Gasteiger partial charge on any atom is 0.328 e. The number of fused-ring (bicyclic) bond motifs is 1. The molecule has 3 amide bonds. The molecule has 206 valence electrons. The average molecular weight is 537 g/mol. The van der Waals surface area contributed by atoms with Crippen molar-refractivity contribution in [3.05, 3.63) is 53.2 Å². The van der Waals surface area contributed by atoms with Crippen molar-refractivity contribution in [1.29, 1.82) is 0 Å². The zero-order chi connectivity index (χ0) is 27.4. The number of carbonyl (C=O) groups excluding carboxylic acids is 2. The zero-order valence-electron chi connectivity index (χ0n) is 22.2. The molecule has 5 heterocycles. The van der Waals surface area contributed by atoms with Crippen molar-refractivity contribution in [2.75, 3.05) is 37.7 Å². The first kappa shape index (κ1) is 25.8. The second kappa shape index (κ2) is 9.65. The van der Waals surface area contributed by atoms with Crippen LogP contribution in [0.15, 0.2) is 30.5 Å². The van der Waals surface area contributed by atoms with Crippen LogP contribution in [0.25, 0.3) is 10.9 Å². The standard InChI is InChI=1S/C28H33FN6O4/c1-18-23(35-11-6-24(36)32-26(35)37)15-20-22(31-18)4-3-21(25(20)29)28(38)7-12-34(16-19-5-10-30-33(19)2)17-27(28)8-13-39-14-9-27/h3-5,10,15,38H,6-9,11-14,16-17H2,1-2H3,(H,32,36,37). The predicted molar refractivity (Wildman–Crippen MR) is 141 cm³/mol. The van der Waals surface area contributed by atoms with Crippen molar-refractivity contribution in [2.24, 2.45) is 12.5 Å². The number of hydrogen-bond donors (Lipinski definition) is 2. The Bertz CT molecular complexity index is 1450. The third-order valence-electron chi connectivity index (χ3n) is 8.84. The van der Waals surface area contributed by atoms with E-state index < -0.39 is 22.9 Å². The molecule has 3 aromatic rings. The molecule has 1 aromatic carbocycles. The van der Waals surface area contributed by atoms with Crippen LogP contribution in [-0.4, -0.2) is 69.6 Å². The molecule has 3 fully saturated rings. The van der Waals surface area contributed by atoms with E-state index in [9.17, 15) is 14.7 Å². The summed E-state index contributed by atoms with van der Waals surface area (Å²) >= 11 is 0. The van der Waals surface area contributed by atoms with Crippen LogP contribution < -0.4 is 10.2 Å². The van der Waals surface area contributed by atoms with Crippen LogP contribution in [0.5, 0.6) is 0 Å². The van der Waals surface area contributed by atoms with Gasteiger partial charge in [0, 0.05) is 75.4 Å². The summed E-state index contributed by atoms with van der Waals surface area (Å²) in [6.45, 7) is 4.86. The summed E-state index contributed by atoms with van der Waals surface area (Å²) in [5.41, 5.74) is 0.792. The van der Waals surface area contributed by atoms with Crippen molar-refractivity contribution in [3.8, 4) is 0 Å². The minimum Gasteiger partial charge on any atom is -0.384 e. The number of carbonyl (C=O) groups is 2. The Hall–Kier alpha value is -3.41. The van der Waals surface area contributed by atoms with E-state index in [-0.39, 0.29) is 29.8 Å². The van der Waals surface area contributed by atoms with E-state index >= 15 is 4.39 Å². The zero-order valence-corrected chi connectivity index (χ0v) is 22.2. The van der Waals surface area contributed by atoms with Crippen LogP contribution in [0.2, 0.25) is 0 Å². The Labute approximate surface area is 225 Å². The second-order valence-corrected chi connectivity index (χ2v) is 11.0. The number of nitrogens with one attached hydrogen (secondary N) is 1. The number of anilines is 1. The van der Waals surface area contributed by atoms with Crippen LogP contribution in [0.4, 0.5) is 14.9 Å². The van der Waals surface area contributed by atoms with Gasteiger partial charge in [-0.2, -0.15) is 5.10 Å². The molecule has 3 aliphatic rings. The summed E-state index contributed by atoms with van der Waals surface area (Å²) in [6.07, 6.45) is 3.53. The van der Waals surface area contributed by atoms with Crippen molar-refractivity contribution in [2.45, 2.75) is 44.8 Å². The molecular formula is C28H33FN6O4. The molecule has 1 atom stereocenters. The fourth-order valence-electron chi connectivity index (χ4n) is 6.58. The van der Waals surface area contributed by atoms with Crippen LogP contribution in [0.1, 0.15) is 42.6 Å². The molecule has 2 N–H and O–H groups in total. The van der Waals surface area contributed by atoms with Crippen molar-refractivity contribution < 1.29 is 23.8 Å². The van der Waals surface area contributed by atoms with Crippen molar-refractivity contribution in [1.82, 2.24) is 25.0 Å². The molecule has 1 unspecified atom stereocenters. The molecule has 0 radical (unpaired) electrons. The number of urea groups is 1. The average Bonchev–Trinajstić information content (AvgIpc) is 3.31. The number of imide groups is 1. The van der Waals surface area contributed by atoms with Gasteiger partial charge in [0.05, 0.1) is 22.6 Å². The smallest absolute Gasteiger partial charge is 0.328 e. The van der Waals surface area contributed by atoms with Gasteiger partial charge in [-0.15, -0.1) is 0 Å². The quantitative estimate of drug-likeness (QED) is 0.527. The largest absolute Gasteiger partial charge is 0.384 e. The first-order valence-electron chi connectivity index (χ1n) is 13.4. The van der Waals surface area contributed by atoms with Crippen molar-refractivity contribution in [3.63, 3.8) is 0 Å². The topological polar surface area (TPSA) is 113 Å². The number of piperidine rings is 1. The molecule has 1 spiro atoms. The summed E-state index contributed by atoms with van der Waals surface area (Å²) in [7, 11) is 1.92. The fraction of sp³-hybridized carbons (Fsp3) is 0.500. The van der Waals surface area contributed by atoms with E-state index in [1.54, 1.807) is 31.3 Å². The Morgan fingerprint density at radius 1 is 1.15 bits per heavy atom. The molecule has 10 nitrogen and oxygen atoms in total. The second-order valence-electron chi connectivity index (χ2n) is 11.0. The number of amides is 3. The Morgan fingerprint density at radius 3 is 2.67 bits per heavy atom. The number of aliphatic hydroxyl groups is 1. The molecule has 11 heteroatoms. The molecule has 2 aromatic heterocycles. The maximum atomic E-state index is 16.5. The number of aromatic nitrogens is 3. The van der Waals surface area contributed by atoms with Gasteiger partial charge in [-0.1, -0.05) is 6.07 Å². The number of hydrogen-bond acceptors (Lipinski definition) is 7. The third-order valence-corrected chi connectivity index (χ3v) is 8.84. The summed E-state index contributed by atoms with van der Waals surface area (Å²) < 4.78 is 24.0.